The SMILES string of the molecule is CCCCn1ncc2c(NCCC)ncnc21. The summed E-state index contributed by atoms with van der Waals surface area (Å²) in [6.07, 6.45) is 6.81. The Hall–Kier alpha value is -1.65. The van der Waals surface area contributed by atoms with E-state index in [9.17, 15) is 0 Å². The normalized spacial score (nSPS) is 10.9. The summed E-state index contributed by atoms with van der Waals surface area (Å²) in [5.41, 5.74) is 0.923. The Bertz CT molecular complexity index is 477. The molecule has 0 aromatic carbocycles. The van der Waals surface area contributed by atoms with E-state index in [1.54, 1.807) is 6.33 Å². The smallest absolute Gasteiger partial charge is 0.163 e. The Balaban J connectivity index is 2.28. The lowest BCUT2D eigenvalue weighted by Crippen LogP contribution is -2.04. The average Bonchev–Trinajstić information content (AvgIpc) is 2.77. The molecule has 2 rings (SSSR count). The van der Waals surface area contributed by atoms with Crippen molar-refractivity contribution in [1.29, 1.82) is 0 Å². The van der Waals surface area contributed by atoms with Gasteiger partial charge in [-0.1, -0.05) is 20.3 Å². The number of hydrogen-bond donors (Lipinski definition) is 1. The van der Waals surface area contributed by atoms with Crippen molar-refractivity contribution in [2.75, 3.05) is 11.9 Å². The second kappa shape index (κ2) is 5.61. The maximum atomic E-state index is 4.38. The summed E-state index contributed by atoms with van der Waals surface area (Å²) in [6, 6.07) is 0. The Morgan fingerprint density at radius 3 is 2.88 bits per heavy atom. The van der Waals surface area contributed by atoms with E-state index in [1.807, 2.05) is 10.9 Å². The summed E-state index contributed by atoms with van der Waals surface area (Å²) >= 11 is 0. The Morgan fingerprint density at radius 2 is 2.12 bits per heavy atom. The van der Waals surface area contributed by atoms with Crippen LogP contribution in [0.15, 0.2) is 12.5 Å². The fourth-order valence-corrected chi connectivity index (χ4v) is 1.75. The van der Waals surface area contributed by atoms with Crippen LogP contribution in [-0.4, -0.2) is 26.3 Å². The molecule has 0 unspecified atom stereocenters. The molecule has 0 aliphatic rings. The predicted octanol–water partition coefficient (Wildman–Crippen LogP) is 2.45. The van der Waals surface area contributed by atoms with Gasteiger partial charge in [0.1, 0.15) is 12.1 Å². The molecule has 0 spiro atoms. The van der Waals surface area contributed by atoms with E-state index in [0.29, 0.717) is 0 Å². The molecule has 17 heavy (non-hydrogen) atoms. The summed E-state index contributed by atoms with van der Waals surface area (Å²) in [4.78, 5) is 8.57. The van der Waals surface area contributed by atoms with Crippen LogP contribution in [0.5, 0.6) is 0 Å². The molecule has 0 radical (unpaired) electrons. The van der Waals surface area contributed by atoms with Crippen molar-refractivity contribution in [1.82, 2.24) is 19.7 Å². The highest BCUT2D eigenvalue weighted by Crippen LogP contribution is 2.18. The first-order valence-electron chi connectivity index (χ1n) is 6.27. The fourth-order valence-electron chi connectivity index (χ4n) is 1.75. The molecule has 0 saturated heterocycles. The van der Waals surface area contributed by atoms with Gasteiger partial charge in [-0.3, -0.25) is 0 Å². The van der Waals surface area contributed by atoms with Gasteiger partial charge in [0.25, 0.3) is 0 Å². The lowest BCUT2D eigenvalue weighted by atomic mass is 10.3. The molecule has 0 bridgehead atoms. The maximum absolute atomic E-state index is 4.38. The van der Waals surface area contributed by atoms with Crippen LogP contribution in [0.2, 0.25) is 0 Å². The van der Waals surface area contributed by atoms with Crippen molar-refractivity contribution >= 4 is 16.9 Å². The van der Waals surface area contributed by atoms with Crippen LogP contribution in [0.4, 0.5) is 5.82 Å². The van der Waals surface area contributed by atoms with Crippen molar-refractivity contribution in [2.24, 2.45) is 0 Å². The molecule has 2 heterocycles. The number of aryl methyl sites for hydroxylation is 1. The van der Waals surface area contributed by atoms with E-state index in [-0.39, 0.29) is 0 Å². The molecule has 92 valence electrons. The van der Waals surface area contributed by atoms with Gasteiger partial charge in [-0.25, -0.2) is 14.6 Å². The topological polar surface area (TPSA) is 55.6 Å². The standard InChI is InChI=1S/C12H19N5/c1-3-5-7-17-12-10(8-16-17)11(13-6-4-2)14-9-15-12/h8-9H,3-7H2,1-2H3,(H,13,14,15). The number of rotatable bonds is 6. The third-order valence-electron chi connectivity index (χ3n) is 2.70. The molecule has 2 aromatic rings. The highest BCUT2D eigenvalue weighted by Gasteiger charge is 2.08. The summed E-state index contributed by atoms with van der Waals surface area (Å²) in [5.74, 6) is 0.889. The zero-order chi connectivity index (χ0) is 12.1. The van der Waals surface area contributed by atoms with Crippen molar-refractivity contribution in [3.05, 3.63) is 12.5 Å². The molecular formula is C12H19N5. The minimum atomic E-state index is 0.889. The van der Waals surface area contributed by atoms with Gasteiger partial charge >= 0.3 is 0 Å². The molecule has 0 saturated carbocycles. The predicted molar refractivity (Wildman–Crippen MR) is 69.0 cm³/mol. The van der Waals surface area contributed by atoms with Crippen LogP contribution >= 0.6 is 0 Å². The quantitative estimate of drug-likeness (QED) is 0.832. The molecule has 0 fully saturated rings. The minimum Gasteiger partial charge on any atom is -0.369 e. The van der Waals surface area contributed by atoms with Crippen LogP contribution in [0.1, 0.15) is 33.1 Å². The number of anilines is 1. The van der Waals surface area contributed by atoms with Crippen molar-refractivity contribution in [3.63, 3.8) is 0 Å². The van der Waals surface area contributed by atoms with E-state index in [1.165, 1.54) is 0 Å². The van der Waals surface area contributed by atoms with Crippen molar-refractivity contribution in [2.45, 2.75) is 39.7 Å². The van der Waals surface area contributed by atoms with Gasteiger partial charge in [0.2, 0.25) is 0 Å². The van der Waals surface area contributed by atoms with Gasteiger partial charge in [-0.15, -0.1) is 0 Å². The van der Waals surface area contributed by atoms with E-state index in [4.69, 9.17) is 0 Å². The van der Waals surface area contributed by atoms with Crippen LogP contribution in [0.3, 0.4) is 0 Å². The van der Waals surface area contributed by atoms with Gasteiger partial charge in [0.15, 0.2) is 5.65 Å². The Kier molecular flexibility index (Phi) is 3.90. The number of nitrogens with zero attached hydrogens (tertiary/aromatic N) is 4. The maximum Gasteiger partial charge on any atom is 0.163 e. The van der Waals surface area contributed by atoms with Crippen LogP contribution in [-0.2, 0) is 6.54 Å². The second-order valence-electron chi connectivity index (χ2n) is 4.11. The Labute approximate surface area is 101 Å². The number of unbranched alkanes of at least 4 members (excludes halogenated alkanes) is 1. The molecule has 0 amide bonds. The number of fused-ring (bicyclic) bond motifs is 1. The first kappa shape index (κ1) is 11.8. The lowest BCUT2D eigenvalue weighted by molar-refractivity contribution is 0.584. The molecule has 0 aliphatic carbocycles. The summed E-state index contributed by atoms with van der Waals surface area (Å²) in [5, 5.41) is 8.69. The van der Waals surface area contributed by atoms with Crippen LogP contribution in [0.25, 0.3) is 11.0 Å². The van der Waals surface area contributed by atoms with E-state index >= 15 is 0 Å². The molecule has 1 N–H and O–H groups in total. The zero-order valence-electron chi connectivity index (χ0n) is 10.5. The minimum absolute atomic E-state index is 0.889. The van der Waals surface area contributed by atoms with Crippen molar-refractivity contribution in [3.8, 4) is 0 Å². The largest absolute Gasteiger partial charge is 0.369 e. The highest BCUT2D eigenvalue weighted by molar-refractivity contribution is 5.85. The fraction of sp³-hybridized carbons (Fsp3) is 0.583. The van der Waals surface area contributed by atoms with Gasteiger partial charge in [0.05, 0.1) is 11.6 Å². The third kappa shape index (κ3) is 2.54. The third-order valence-corrected chi connectivity index (χ3v) is 2.70. The molecule has 0 atom stereocenters. The molecule has 2 aromatic heterocycles. The van der Waals surface area contributed by atoms with Crippen LogP contribution in [0, 0.1) is 0 Å². The first-order valence-corrected chi connectivity index (χ1v) is 6.27. The van der Waals surface area contributed by atoms with E-state index in [2.05, 4.69) is 34.2 Å². The Morgan fingerprint density at radius 1 is 1.24 bits per heavy atom. The van der Waals surface area contributed by atoms with Gasteiger partial charge < -0.3 is 5.32 Å². The lowest BCUT2D eigenvalue weighted by Gasteiger charge is -2.05. The van der Waals surface area contributed by atoms with E-state index in [0.717, 1.165) is 49.2 Å². The summed E-state index contributed by atoms with van der Waals surface area (Å²) in [6.45, 7) is 6.15. The average molecular weight is 233 g/mol. The monoisotopic (exact) mass is 233 g/mol. The number of nitrogens with one attached hydrogen (secondary N) is 1. The molecule has 5 heteroatoms. The van der Waals surface area contributed by atoms with Gasteiger partial charge in [-0.05, 0) is 12.8 Å². The summed E-state index contributed by atoms with van der Waals surface area (Å²) in [7, 11) is 0. The summed E-state index contributed by atoms with van der Waals surface area (Å²) < 4.78 is 1.96. The van der Waals surface area contributed by atoms with Crippen molar-refractivity contribution < 1.29 is 0 Å². The first-order chi connectivity index (χ1) is 8.36. The zero-order valence-corrected chi connectivity index (χ0v) is 10.5. The second-order valence-corrected chi connectivity index (χ2v) is 4.11. The van der Waals surface area contributed by atoms with Gasteiger partial charge in [-0.2, -0.15) is 5.10 Å². The number of aromatic nitrogens is 4. The molecule has 5 nitrogen and oxygen atoms in total. The number of hydrogen-bond acceptors (Lipinski definition) is 4. The van der Waals surface area contributed by atoms with Gasteiger partial charge in [0, 0.05) is 13.1 Å². The van der Waals surface area contributed by atoms with E-state index < -0.39 is 0 Å². The highest BCUT2D eigenvalue weighted by atomic mass is 15.3. The molecule has 0 aliphatic heterocycles. The molecular weight excluding hydrogens is 214 g/mol. The van der Waals surface area contributed by atoms with Crippen LogP contribution < -0.4 is 5.32 Å².